The van der Waals surface area contributed by atoms with Crippen LogP contribution < -0.4 is 0 Å². The molecule has 6 heteroatoms. The van der Waals surface area contributed by atoms with Crippen molar-refractivity contribution in [2.45, 2.75) is 11.8 Å². The number of carbonyl (C=O) groups excluding carboxylic acids is 1. The first-order valence-corrected chi connectivity index (χ1v) is 4.98. The third-order valence-corrected chi connectivity index (χ3v) is 2.63. The molecule has 0 spiro atoms. The molecule has 1 rings (SSSR count). The van der Waals surface area contributed by atoms with Gasteiger partial charge in [0.05, 0.1) is 0 Å². The summed E-state index contributed by atoms with van der Waals surface area (Å²) >= 11 is 16.0. The molecule has 0 amide bonds. The van der Waals surface area contributed by atoms with E-state index in [2.05, 4.69) is 11.6 Å². The Morgan fingerprint density at radius 2 is 1.73 bits per heavy atom. The summed E-state index contributed by atoms with van der Waals surface area (Å²) in [4.78, 5) is 10.9. The van der Waals surface area contributed by atoms with Crippen molar-refractivity contribution in [3.05, 3.63) is 33.8 Å². The van der Waals surface area contributed by atoms with Gasteiger partial charge in [-0.25, -0.2) is 0 Å². The molecule has 1 nitrogen and oxygen atoms in total. The van der Waals surface area contributed by atoms with E-state index in [1.54, 1.807) is 6.07 Å². The van der Waals surface area contributed by atoms with Gasteiger partial charge in [0.2, 0.25) is 5.78 Å². The number of halogens is 5. The summed E-state index contributed by atoms with van der Waals surface area (Å²) in [6.07, 6.45) is -0.588. The number of Topliss-reactive ketones (excluding diaryl/α,β-unsaturated/α-hetero) is 1. The van der Waals surface area contributed by atoms with Gasteiger partial charge in [-0.2, -0.15) is 8.78 Å². The Morgan fingerprint density at radius 3 is 2.13 bits per heavy atom. The Morgan fingerprint density at radius 1 is 1.27 bits per heavy atom. The van der Waals surface area contributed by atoms with Crippen LogP contribution in [0.4, 0.5) is 8.78 Å². The van der Waals surface area contributed by atoms with Gasteiger partial charge in [0.25, 0.3) is 0 Å². The average Bonchev–Trinajstić information content (AvgIpc) is 2.09. The third kappa shape index (κ3) is 3.30. The molecule has 0 unspecified atom stereocenters. The molecular formula is C9H5Cl3F2O. The van der Waals surface area contributed by atoms with Gasteiger partial charge >= 0.3 is 5.38 Å². The van der Waals surface area contributed by atoms with E-state index in [9.17, 15) is 13.6 Å². The Hall–Kier alpha value is -0.380. The standard InChI is InChI=1S/C9H5Cl3F2O/c10-6-2-1-3-7(11)5(6)4-8(15)9(12,13)14/h1-3H,4H2. The van der Waals surface area contributed by atoms with Crippen LogP contribution in [0.3, 0.4) is 0 Å². The van der Waals surface area contributed by atoms with Crippen LogP contribution in [0.1, 0.15) is 5.56 Å². The molecule has 82 valence electrons. The predicted molar refractivity (Wildman–Crippen MR) is 56.0 cm³/mol. The largest absolute Gasteiger partial charge is 0.380 e. The van der Waals surface area contributed by atoms with Gasteiger partial charge in [-0.3, -0.25) is 4.79 Å². The van der Waals surface area contributed by atoms with Crippen LogP contribution in [0.5, 0.6) is 0 Å². The first-order chi connectivity index (χ1) is 6.82. The van der Waals surface area contributed by atoms with Crippen LogP contribution >= 0.6 is 34.8 Å². The van der Waals surface area contributed by atoms with Gasteiger partial charge in [0, 0.05) is 16.5 Å². The van der Waals surface area contributed by atoms with Gasteiger partial charge in [-0.1, -0.05) is 29.3 Å². The molecule has 0 saturated carbocycles. The van der Waals surface area contributed by atoms with E-state index in [0.29, 0.717) is 0 Å². The second-order valence-electron chi connectivity index (χ2n) is 2.80. The number of alkyl halides is 3. The Balaban J connectivity index is 2.95. The van der Waals surface area contributed by atoms with Gasteiger partial charge in [-0.15, -0.1) is 0 Å². The summed E-state index contributed by atoms with van der Waals surface area (Å²) in [6, 6.07) is 4.47. The van der Waals surface area contributed by atoms with Crippen LogP contribution in [-0.2, 0) is 11.2 Å². The number of rotatable bonds is 3. The summed E-state index contributed by atoms with van der Waals surface area (Å²) in [5, 5.41) is -3.56. The molecule has 0 bridgehead atoms. The SMILES string of the molecule is O=C(Cc1c(Cl)cccc1Cl)C(F)(F)Cl. The lowest BCUT2D eigenvalue weighted by atomic mass is 10.1. The van der Waals surface area contributed by atoms with Crippen LogP contribution in [0.2, 0.25) is 10.0 Å². The molecule has 0 saturated heterocycles. The molecule has 0 aliphatic rings. The molecule has 0 aromatic heterocycles. The molecule has 0 radical (unpaired) electrons. The Kier molecular flexibility index (Phi) is 3.93. The first-order valence-electron chi connectivity index (χ1n) is 3.85. The fourth-order valence-corrected chi connectivity index (χ4v) is 1.56. The monoisotopic (exact) mass is 272 g/mol. The second-order valence-corrected chi connectivity index (χ2v) is 4.09. The molecule has 0 aliphatic heterocycles. The molecule has 1 aromatic carbocycles. The summed E-state index contributed by atoms with van der Waals surface area (Å²) in [5.74, 6) is -1.43. The summed E-state index contributed by atoms with van der Waals surface area (Å²) in [6.45, 7) is 0. The van der Waals surface area contributed by atoms with E-state index in [4.69, 9.17) is 23.2 Å². The smallest absolute Gasteiger partial charge is 0.291 e. The van der Waals surface area contributed by atoms with Crippen molar-refractivity contribution in [2.75, 3.05) is 0 Å². The summed E-state index contributed by atoms with van der Waals surface area (Å²) < 4.78 is 24.8. The van der Waals surface area contributed by atoms with Crippen LogP contribution in [0.15, 0.2) is 18.2 Å². The average molecular weight is 273 g/mol. The molecule has 0 atom stereocenters. The maximum absolute atomic E-state index is 12.4. The molecule has 1 aromatic rings. The minimum absolute atomic E-state index is 0.158. The van der Waals surface area contributed by atoms with E-state index in [1.165, 1.54) is 12.1 Å². The Labute approximate surface area is 99.9 Å². The van der Waals surface area contributed by atoms with Gasteiger partial charge in [-0.05, 0) is 29.3 Å². The summed E-state index contributed by atoms with van der Waals surface area (Å²) in [7, 11) is 0. The van der Waals surface area contributed by atoms with Gasteiger partial charge < -0.3 is 0 Å². The zero-order valence-electron chi connectivity index (χ0n) is 7.24. The van der Waals surface area contributed by atoms with Crippen LogP contribution in [0, 0.1) is 0 Å². The highest BCUT2D eigenvalue weighted by atomic mass is 35.5. The number of ketones is 1. The van der Waals surface area contributed by atoms with Crippen molar-refractivity contribution in [2.24, 2.45) is 0 Å². The first kappa shape index (κ1) is 12.7. The van der Waals surface area contributed by atoms with Crippen molar-refractivity contribution < 1.29 is 13.6 Å². The number of hydrogen-bond acceptors (Lipinski definition) is 1. The zero-order chi connectivity index (χ0) is 11.6. The fourth-order valence-electron chi connectivity index (χ4n) is 0.962. The quantitative estimate of drug-likeness (QED) is 0.763. The lowest BCUT2D eigenvalue weighted by Crippen LogP contribution is -2.23. The highest BCUT2D eigenvalue weighted by molar-refractivity contribution is 6.37. The minimum Gasteiger partial charge on any atom is -0.291 e. The van der Waals surface area contributed by atoms with Crippen molar-refractivity contribution in [1.82, 2.24) is 0 Å². The van der Waals surface area contributed by atoms with Gasteiger partial charge in [0.15, 0.2) is 0 Å². The van der Waals surface area contributed by atoms with Crippen molar-refractivity contribution >= 4 is 40.6 Å². The highest BCUT2D eigenvalue weighted by Crippen LogP contribution is 2.28. The molecule has 0 fully saturated rings. The van der Waals surface area contributed by atoms with Crippen molar-refractivity contribution in [1.29, 1.82) is 0 Å². The maximum Gasteiger partial charge on any atom is 0.380 e. The minimum atomic E-state index is -3.89. The number of hydrogen-bond donors (Lipinski definition) is 0. The third-order valence-electron chi connectivity index (χ3n) is 1.72. The zero-order valence-corrected chi connectivity index (χ0v) is 9.51. The van der Waals surface area contributed by atoms with E-state index < -0.39 is 17.6 Å². The highest BCUT2D eigenvalue weighted by Gasteiger charge is 2.35. The van der Waals surface area contributed by atoms with E-state index in [1.807, 2.05) is 0 Å². The van der Waals surface area contributed by atoms with Crippen molar-refractivity contribution in [3.63, 3.8) is 0 Å². The maximum atomic E-state index is 12.4. The predicted octanol–water partition coefficient (Wildman–Crippen LogP) is 3.94. The molecular weight excluding hydrogens is 268 g/mol. The van der Waals surface area contributed by atoms with E-state index >= 15 is 0 Å². The number of carbonyl (C=O) groups is 1. The van der Waals surface area contributed by atoms with Crippen LogP contribution in [-0.4, -0.2) is 11.2 Å². The second kappa shape index (κ2) is 4.64. The molecule has 0 aliphatic carbocycles. The van der Waals surface area contributed by atoms with Gasteiger partial charge in [0.1, 0.15) is 0 Å². The lowest BCUT2D eigenvalue weighted by molar-refractivity contribution is -0.132. The molecule has 0 N–H and O–H groups in total. The van der Waals surface area contributed by atoms with Crippen LogP contribution in [0.25, 0.3) is 0 Å². The summed E-state index contributed by atoms with van der Waals surface area (Å²) in [5.41, 5.74) is 0.158. The normalized spacial score (nSPS) is 11.5. The Bertz CT molecular complexity index is 367. The van der Waals surface area contributed by atoms with E-state index in [-0.39, 0.29) is 15.6 Å². The van der Waals surface area contributed by atoms with E-state index in [0.717, 1.165) is 0 Å². The molecule has 15 heavy (non-hydrogen) atoms. The lowest BCUT2D eigenvalue weighted by Gasteiger charge is -2.09. The number of benzene rings is 1. The topological polar surface area (TPSA) is 17.1 Å². The fraction of sp³-hybridized carbons (Fsp3) is 0.222. The molecule has 0 heterocycles. The van der Waals surface area contributed by atoms with Crippen molar-refractivity contribution in [3.8, 4) is 0 Å².